The van der Waals surface area contributed by atoms with Gasteiger partial charge in [0.1, 0.15) is 11.9 Å². The Balaban J connectivity index is 1.84. The van der Waals surface area contributed by atoms with Crippen LogP contribution in [0.3, 0.4) is 0 Å². The van der Waals surface area contributed by atoms with Gasteiger partial charge in [0.25, 0.3) is 0 Å². The number of carbonyl (C=O) groups is 1. The van der Waals surface area contributed by atoms with Crippen LogP contribution in [0.1, 0.15) is 18.4 Å². The van der Waals surface area contributed by atoms with E-state index in [1.54, 1.807) is 6.07 Å². The predicted molar refractivity (Wildman–Crippen MR) is 61.8 cm³/mol. The lowest BCUT2D eigenvalue weighted by atomic mass is 9.91. The molecular formula is C13H16FNO2. The minimum atomic E-state index is -0.888. The zero-order valence-corrected chi connectivity index (χ0v) is 9.53. The molecule has 1 fully saturated rings. The maximum Gasteiger partial charge on any atom is 0.248 e. The molecule has 1 saturated heterocycles. The summed E-state index contributed by atoms with van der Waals surface area (Å²) in [5.74, 6) is -0.238. The highest BCUT2D eigenvalue weighted by atomic mass is 19.1. The number of hydrogen-bond acceptors (Lipinski definition) is 2. The molecule has 1 aromatic rings. The van der Waals surface area contributed by atoms with Gasteiger partial charge < -0.3 is 10.4 Å². The van der Waals surface area contributed by atoms with E-state index in [0.29, 0.717) is 13.0 Å². The van der Waals surface area contributed by atoms with Crippen LogP contribution in [0, 0.1) is 11.7 Å². The molecule has 17 heavy (non-hydrogen) atoms. The molecule has 1 amide bonds. The van der Waals surface area contributed by atoms with E-state index < -0.39 is 6.10 Å². The molecule has 4 heteroatoms. The molecule has 2 rings (SSSR count). The van der Waals surface area contributed by atoms with E-state index in [2.05, 4.69) is 5.32 Å². The number of aliphatic hydroxyl groups is 1. The van der Waals surface area contributed by atoms with Crippen LogP contribution in [0.2, 0.25) is 0 Å². The normalized spacial score (nSPS) is 24.5. The van der Waals surface area contributed by atoms with Gasteiger partial charge in [-0.25, -0.2) is 4.39 Å². The fraction of sp³-hybridized carbons (Fsp3) is 0.462. The zero-order valence-electron chi connectivity index (χ0n) is 9.53. The second kappa shape index (κ2) is 5.27. The molecule has 1 aliphatic heterocycles. The Morgan fingerprint density at radius 2 is 2.29 bits per heavy atom. The Morgan fingerprint density at radius 3 is 3.00 bits per heavy atom. The number of aryl methyl sites for hydroxylation is 1. The SMILES string of the molecule is O=C1NCC(CCc2cccc(F)c2)CC1O. The van der Waals surface area contributed by atoms with Crippen molar-refractivity contribution in [1.29, 1.82) is 0 Å². The van der Waals surface area contributed by atoms with Crippen molar-refractivity contribution in [3.05, 3.63) is 35.6 Å². The van der Waals surface area contributed by atoms with Gasteiger partial charge in [-0.1, -0.05) is 12.1 Å². The van der Waals surface area contributed by atoms with Crippen molar-refractivity contribution in [3.63, 3.8) is 0 Å². The highest BCUT2D eigenvalue weighted by molar-refractivity contribution is 5.81. The number of piperidine rings is 1. The molecule has 92 valence electrons. The zero-order chi connectivity index (χ0) is 12.3. The number of halogens is 1. The van der Waals surface area contributed by atoms with E-state index in [0.717, 1.165) is 18.4 Å². The van der Waals surface area contributed by atoms with Crippen LogP contribution in [0.25, 0.3) is 0 Å². The summed E-state index contributed by atoms with van der Waals surface area (Å²) >= 11 is 0. The van der Waals surface area contributed by atoms with Gasteiger partial charge in [0.2, 0.25) is 5.91 Å². The van der Waals surface area contributed by atoms with Gasteiger partial charge in [0.05, 0.1) is 0 Å². The topological polar surface area (TPSA) is 49.3 Å². The second-order valence-corrected chi connectivity index (χ2v) is 4.53. The molecule has 0 aromatic heterocycles. The Bertz CT molecular complexity index is 408. The van der Waals surface area contributed by atoms with Crippen molar-refractivity contribution in [2.75, 3.05) is 6.54 Å². The van der Waals surface area contributed by atoms with E-state index in [1.807, 2.05) is 6.07 Å². The summed E-state index contributed by atoms with van der Waals surface area (Å²) in [5, 5.41) is 12.1. The molecule has 2 unspecified atom stereocenters. The van der Waals surface area contributed by atoms with Gasteiger partial charge in [-0.3, -0.25) is 4.79 Å². The second-order valence-electron chi connectivity index (χ2n) is 4.53. The molecule has 0 saturated carbocycles. The monoisotopic (exact) mass is 237 g/mol. The Morgan fingerprint density at radius 1 is 1.47 bits per heavy atom. The molecule has 1 aromatic carbocycles. The van der Waals surface area contributed by atoms with Gasteiger partial charge in [-0.05, 0) is 42.9 Å². The molecule has 0 radical (unpaired) electrons. The number of benzene rings is 1. The fourth-order valence-electron chi connectivity index (χ4n) is 2.15. The number of hydrogen-bond donors (Lipinski definition) is 2. The first-order valence-electron chi connectivity index (χ1n) is 5.85. The molecule has 1 aliphatic rings. The first-order chi connectivity index (χ1) is 8.15. The van der Waals surface area contributed by atoms with Crippen LogP contribution in [-0.2, 0) is 11.2 Å². The minimum Gasteiger partial charge on any atom is -0.383 e. The van der Waals surface area contributed by atoms with E-state index >= 15 is 0 Å². The van der Waals surface area contributed by atoms with Gasteiger partial charge >= 0.3 is 0 Å². The molecule has 3 nitrogen and oxygen atoms in total. The number of carbonyl (C=O) groups excluding carboxylic acids is 1. The van der Waals surface area contributed by atoms with Crippen LogP contribution >= 0.6 is 0 Å². The van der Waals surface area contributed by atoms with Crippen molar-refractivity contribution in [2.24, 2.45) is 5.92 Å². The highest BCUT2D eigenvalue weighted by Crippen LogP contribution is 2.18. The molecule has 0 bridgehead atoms. The predicted octanol–water partition coefficient (Wildman–Crippen LogP) is 1.26. The Kier molecular flexibility index (Phi) is 3.74. The van der Waals surface area contributed by atoms with Crippen molar-refractivity contribution in [1.82, 2.24) is 5.32 Å². The van der Waals surface area contributed by atoms with E-state index in [1.165, 1.54) is 12.1 Å². The highest BCUT2D eigenvalue weighted by Gasteiger charge is 2.26. The van der Waals surface area contributed by atoms with Crippen LogP contribution in [0.15, 0.2) is 24.3 Å². The lowest BCUT2D eigenvalue weighted by Gasteiger charge is -2.26. The van der Waals surface area contributed by atoms with E-state index in [9.17, 15) is 14.3 Å². The van der Waals surface area contributed by atoms with Gasteiger partial charge in [0.15, 0.2) is 0 Å². The quantitative estimate of drug-likeness (QED) is 0.831. The first-order valence-corrected chi connectivity index (χ1v) is 5.85. The average molecular weight is 237 g/mol. The molecule has 2 N–H and O–H groups in total. The average Bonchev–Trinajstić information content (AvgIpc) is 2.31. The number of rotatable bonds is 3. The van der Waals surface area contributed by atoms with Crippen LogP contribution in [-0.4, -0.2) is 23.7 Å². The summed E-state index contributed by atoms with van der Waals surface area (Å²) in [6, 6.07) is 6.54. The van der Waals surface area contributed by atoms with E-state index in [-0.39, 0.29) is 17.6 Å². The molecule has 1 heterocycles. The largest absolute Gasteiger partial charge is 0.383 e. The van der Waals surface area contributed by atoms with Crippen LogP contribution in [0.5, 0.6) is 0 Å². The summed E-state index contributed by atoms with van der Waals surface area (Å²) in [7, 11) is 0. The first kappa shape index (κ1) is 12.0. The minimum absolute atomic E-state index is 0.223. The van der Waals surface area contributed by atoms with Gasteiger partial charge in [0, 0.05) is 6.54 Å². The van der Waals surface area contributed by atoms with Crippen molar-refractivity contribution in [2.45, 2.75) is 25.4 Å². The van der Waals surface area contributed by atoms with Crippen molar-refractivity contribution < 1.29 is 14.3 Å². The lowest BCUT2D eigenvalue weighted by Crippen LogP contribution is -2.44. The smallest absolute Gasteiger partial charge is 0.248 e. The number of aliphatic hydroxyl groups excluding tert-OH is 1. The molecular weight excluding hydrogens is 221 g/mol. The summed E-state index contributed by atoms with van der Waals surface area (Å²) in [6.07, 6.45) is 1.23. The third-order valence-electron chi connectivity index (χ3n) is 3.15. The summed E-state index contributed by atoms with van der Waals surface area (Å²) < 4.78 is 12.9. The van der Waals surface area contributed by atoms with Crippen molar-refractivity contribution in [3.8, 4) is 0 Å². The third-order valence-corrected chi connectivity index (χ3v) is 3.15. The van der Waals surface area contributed by atoms with Gasteiger partial charge in [-0.2, -0.15) is 0 Å². The Labute approximate surface area is 99.7 Å². The number of nitrogens with one attached hydrogen (secondary N) is 1. The summed E-state index contributed by atoms with van der Waals surface area (Å²) in [6.45, 7) is 0.602. The van der Waals surface area contributed by atoms with Crippen molar-refractivity contribution >= 4 is 5.91 Å². The molecule has 0 aliphatic carbocycles. The van der Waals surface area contributed by atoms with Crippen LogP contribution in [0.4, 0.5) is 4.39 Å². The number of amides is 1. The third kappa shape index (κ3) is 3.27. The van der Waals surface area contributed by atoms with Gasteiger partial charge in [-0.15, -0.1) is 0 Å². The standard InChI is InChI=1S/C13H16FNO2/c14-11-3-1-2-9(6-11)4-5-10-7-12(16)13(17)15-8-10/h1-3,6,10,12,16H,4-5,7-8H2,(H,15,17). The fourth-order valence-corrected chi connectivity index (χ4v) is 2.15. The lowest BCUT2D eigenvalue weighted by molar-refractivity contribution is -0.132. The summed E-state index contributed by atoms with van der Waals surface area (Å²) in [5.41, 5.74) is 0.955. The molecule has 0 spiro atoms. The summed E-state index contributed by atoms with van der Waals surface area (Å²) in [4.78, 5) is 11.0. The van der Waals surface area contributed by atoms with Crippen LogP contribution < -0.4 is 5.32 Å². The maximum absolute atomic E-state index is 12.9. The Hall–Kier alpha value is -1.42. The maximum atomic E-state index is 12.9. The van der Waals surface area contributed by atoms with E-state index in [4.69, 9.17) is 0 Å². The molecule has 2 atom stereocenters.